The lowest BCUT2D eigenvalue weighted by atomic mass is 9.96. The molecule has 0 spiro atoms. The van der Waals surface area contributed by atoms with Gasteiger partial charge in [-0.3, -0.25) is 0 Å². The van der Waals surface area contributed by atoms with Crippen molar-refractivity contribution in [3.05, 3.63) is 65.2 Å². The molecule has 104 valence electrons. The Balaban J connectivity index is 1.77. The highest BCUT2D eigenvalue weighted by Gasteiger charge is 2.22. The molecule has 1 N–H and O–H groups in total. The average Bonchev–Trinajstić information content (AvgIpc) is 2.53. The molecule has 1 unspecified atom stereocenters. The molecule has 2 aromatic carbocycles. The van der Waals surface area contributed by atoms with Crippen molar-refractivity contribution < 1.29 is 4.74 Å². The SMILES string of the molecule is CCc1cccc2c1OCCC2NCc1ccccc1. The van der Waals surface area contributed by atoms with Crippen LogP contribution in [0.2, 0.25) is 0 Å². The van der Waals surface area contributed by atoms with Crippen LogP contribution in [0.5, 0.6) is 5.75 Å². The van der Waals surface area contributed by atoms with E-state index in [2.05, 4.69) is 60.8 Å². The van der Waals surface area contributed by atoms with E-state index >= 15 is 0 Å². The third-order valence-electron chi connectivity index (χ3n) is 3.93. The number of fused-ring (bicyclic) bond motifs is 1. The van der Waals surface area contributed by atoms with Crippen molar-refractivity contribution in [3.8, 4) is 5.75 Å². The Hall–Kier alpha value is -1.80. The van der Waals surface area contributed by atoms with Crippen LogP contribution in [0.4, 0.5) is 0 Å². The Morgan fingerprint density at radius 2 is 1.95 bits per heavy atom. The Morgan fingerprint density at radius 1 is 1.10 bits per heavy atom. The molecule has 1 heterocycles. The van der Waals surface area contributed by atoms with E-state index in [0.29, 0.717) is 6.04 Å². The second kappa shape index (κ2) is 6.10. The number of rotatable bonds is 4. The van der Waals surface area contributed by atoms with Crippen molar-refractivity contribution in [3.63, 3.8) is 0 Å². The molecular formula is C18H21NO. The summed E-state index contributed by atoms with van der Waals surface area (Å²) in [5, 5.41) is 3.67. The summed E-state index contributed by atoms with van der Waals surface area (Å²) in [5.74, 6) is 1.10. The molecule has 0 saturated carbocycles. The van der Waals surface area contributed by atoms with Gasteiger partial charge in [0.25, 0.3) is 0 Å². The van der Waals surface area contributed by atoms with Crippen molar-refractivity contribution in [2.45, 2.75) is 32.4 Å². The van der Waals surface area contributed by atoms with Gasteiger partial charge < -0.3 is 10.1 Å². The topological polar surface area (TPSA) is 21.3 Å². The minimum atomic E-state index is 0.394. The van der Waals surface area contributed by atoms with Crippen molar-refractivity contribution in [1.29, 1.82) is 0 Å². The minimum Gasteiger partial charge on any atom is -0.493 e. The van der Waals surface area contributed by atoms with Crippen LogP contribution < -0.4 is 10.1 Å². The van der Waals surface area contributed by atoms with Crippen LogP contribution in [0.3, 0.4) is 0 Å². The van der Waals surface area contributed by atoms with E-state index in [1.54, 1.807) is 0 Å². The summed E-state index contributed by atoms with van der Waals surface area (Å²) in [6, 6.07) is 17.4. The Labute approximate surface area is 120 Å². The summed E-state index contributed by atoms with van der Waals surface area (Å²) >= 11 is 0. The molecule has 3 rings (SSSR count). The first kappa shape index (κ1) is 13.2. The van der Waals surface area contributed by atoms with Gasteiger partial charge in [-0.1, -0.05) is 55.5 Å². The average molecular weight is 267 g/mol. The molecule has 2 aromatic rings. The summed E-state index contributed by atoms with van der Waals surface area (Å²) in [6.07, 6.45) is 2.06. The number of benzene rings is 2. The lowest BCUT2D eigenvalue weighted by Gasteiger charge is -2.28. The molecular weight excluding hydrogens is 246 g/mol. The summed E-state index contributed by atoms with van der Waals surface area (Å²) < 4.78 is 5.89. The highest BCUT2D eigenvalue weighted by atomic mass is 16.5. The Bertz CT molecular complexity index is 565. The molecule has 1 aliphatic heterocycles. The third kappa shape index (κ3) is 2.70. The first-order chi connectivity index (χ1) is 9.88. The normalized spacial score (nSPS) is 17.4. The van der Waals surface area contributed by atoms with Gasteiger partial charge in [0.05, 0.1) is 6.61 Å². The number of para-hydroxylation sites is 1. The van der Waals surface area contributed by atoms with Crippen LogP contribution in [-0.2, 0) is 13.0 Å². The lowest BCUT2D eigenvalue weighted by Crippen LogP contribution is -2.27. The van der Waals surface area contributed by atoms with Gasteiger partial charge in [-0.05, 0) is 17.5 Å². The zero-order valence-electron chi connectivity index (χ0n) is 11.9. The van der Waals surface area contributed by atoms with Crippen LogP contribution in [0.1, 0.15) is 36.1 Å². The molecule has 0 saturated heterocycles. The number of nitrogens with one attached hydrogen (secondary N) is 1. The van der Waals surface area contributed by atoms with E-state index in [1.165, 1.54) is 16.7 Å². The second-order valence-corrected chi connectivity index (χ2v) is 5.25. The highest BCUT2D eigenvalue weighted by Crippen LogP contribution is 2.35. The fourth-order valence-electron chi connectivity index (χ4n) is 2.82. The smallest absolute Gasteiger partial charge is 0.127 e. The van der Waals surface area contributed by atoms with Crippen molar-refractivity contribution in [1.82, 2.24) is 5.32 Å². The van der Waals surface area contributed by atoms with Gasteiger partial charge in [0, 0.05) is 24.6 Å². The first-order valence-corrected chi connectivity index (χ1v) is 7.40. The third-order valence-corrected chi connectivity index (χ3v) is 3.93. The van der Waals surface area contributed by atoms with Crippen LogP contribution in [0.25, 0.3) is 0 Å². The van der Waals surface area contributed by atoms with E-state index in [4.69, 9.17) is 4.74 Å². The van der Waals surface area contributed by atoms with E-state index in [-0.39, 0.29) is 0 Å². The zero-order valence-corrected chi connectivity index (χ0v) is 11.9. The Morgan fingerprint density at radius 3 is 2.75 bits per heavy atom. The van der Waals surface area contributed by atoms with E-state index in [9.17, 15) is 0 Å². The van der Waals surface area contributed by atoms with Crippen molar-refractivity contribution in [2.75, 3.05) is 6.61 Å². The Kier molecular flexibility index (Phi) is 4.03. The van der Waals surface area contributed by atoms with Crippen LogP contribution >= 0.6 is 0 Å². The maximum absolute atomic E-state index is 5.89. The zero-order chi connectivity index (χ0) is 13.8. The monoisotopic (exact) mass is 267 g/mol. The number of ether oxygens (including phenoxy) is 1. The highest BCUT2D eigenvalue weighted by molar-refractivity contribution is 5.44. The molecule has 0 amide bonds. The minimum absolute atomic E-state index is 0.394. The van der Waals surface area contributed by atoms with E-state index in [0.717, 1.165) is 31.7 Å². The molecule has 1 aliphatic rings. The maximum atomic E-state index is 5.89. The van der Waals surface area contributed by atoms with Gasteiger partial charge in [-0.25, -0.2) is 0 Å². The number of hydrogen-bond acceptors (Lipinski definition) is 2. The van der Waals surface area contributed by atoms with Crippen molar-refractivity contribution in [2.24, 2.45) is 0 Å². The summed E-state index contributed by atoms with van der Waals surface area (Å²) in [4.78, 5) is 0. The van der Waals surface area contributed by atoms with Crippen LogP contribution in [0.15, 0.2) is 48.5 Å². The number of aryl methyl sites for hydroxylation is 1. The fraction of sp³-hybridized carbons (Fsp3) is 0.333. The van der Waals surface area contributed by atoms with Gasteiger partial charge >= 0.3 is 0 Å². The quantitative estimate of drug-likeness (QED) is 0.908. The summed E-state index contributed by atoms with van der Waals surface area (Å²) in [6.45, 7) is 3.89. The molecule has 2 nitrogen and oxygen atoms in total. The van der Waals surface area contributed by atoms with Gasteiger partial charge in [-0.2, -0.15) is 0 Å². The standard InChI is InChI=1S/C18H21NO/c1-2-15-9-6-10-16-17(11-12-20-18(15)16)19-13-14-7-4-3-5-8-14/h3-10,17,19H,2,11-13H2,1H3. The number of hydrogen-bond donors (Lipinski definition) is 1. The van der Waals surface area contributed by atoms with Gasteiger partial charge in [0.15, 0.2) is 0 Å². The maximum Gasteiger partial charge on any atom is 0.127 e. The van der Waals surface area contributed by atoms with Crippen molar-refractivity contribution >= 4 is 0 Å². The molecule has 0 bridgehead atoms. The van der Waals surface area contributed by atoms with Gasteiger partial charge in [0.2, 0.25) is 0 Å². The lowest BCUT2D eigenvalue weighted by molar-refractivity contribution is 0.250. The van der Waals surface area contributed by atoms with Crippen LogP contribution in [0, 0.1) is 0 Å². The summed E-state index contributed by atoms with van der Waals surface area (Å²) in [7, 11) is 0. The van der Waals surface area contributed by atoms with Gasteiger partial charge in [0.1, 0.15) is 5.75 Å². The largest absolute Gasteiger partial charge is 0.493 e. The predicted molar refractivity (Wildman–Crippen MR) is 82.0 cm³/mol. The van der Waals surface area contributed by atoms with E-state index in [1.807, 2.05) is 0 Å². The molecule has 0 fully saturated rings. The van der Waals surface area contributed by atoms with E-state index < -0.39 is 0 Å². The molecule has 1 atom stereocenters. The van der Waals surface area contributed by atoms with Crippen LogP contribution in [-0.4, -0.2) is 6.61 Å². The molecule has 0 radical (unpaired) electrons. The predicted octanol–water partition coefficient (Wildman–Crippen LogP) is 3.86. The molecule has 0 aromatic heterocycles. The molecule has 0 aliphatic carbocycles. The fourth-order valence-corrected chi connectivity index (χ4v) is 2.82. The summed E-state index contributed by atoms with van der Waals surface area (Å²) in [5.41, 5.74) is 3.95. The first-order valence-electron chi connectivity index (χ1n) is 7.40. The molecule has 2 heteroatoms. The second-order valence-electron chi connectivity index (χ2n) is 5.25. The van der Waals surface area contributed by atoms with Gasteiger partial charge in [-0.15, -0.1) is 0 Å². The molecule has 20 heavy (non-hydrogen) atoms.